The first-order valence-electron chi connectivity index (χ1n) is 10.6. The molecule has 1 aliphatic carbocycles. The summed E-state index contributed by atoms with van der Waals surface area (Å²) < 4.78 is 97.6. The van der Waals surface area contributed by atoms with Gasteiger partial charge in [-0.2, -0.15) is 26.3 Å². The number of esters is 2. The van der Waals surface area contributed by atoms with Gasteiger partial charge in [0.25, 0.3) is 5.60 Å². The highest BCUT2D eigenvalue weighted by Gasteiger charge is 2.79. The van der Waals surface area contributed by atoms with Crippen LogP contribution in [0.4, 0.5) is 26.3 Å². The lowest BCUT2D eigenvalue weighted by Crippen LogP contribution is -2.72. The molecule has 0 amide bonds. The molecule has 0 aromatic rings. The van der Waals surface area contributed by atoms with Gasteiger partial charge in [0, 0.05) is 6.42 Å². The molecule has 0 spiro atoms. The van der Waals surface area contributed by atoms with Crippen LogP contribution in [0.5, 0.6) is 0 Å². The number of aliphatic hydroxyl groups excluding tert-OH is 1. The Balaban J connectivity index is 2.50. The topological polar surface area (TPSA) is 102 Å². The first-order valence-corrected chi connectivity index (χ1v) is 10.6. The minimum absolute atomic E-state index is 0.0379. The summed E-state index contributed by atoms with van der Waals surface area (Å²) in [6.45, 7) is 6.86. The monoisotopic (exact) mass is 506 g/mol. The number of rotatable bonds is 8. The highest BCUT2D eigenvalue weighted by Crippen LogP contribution is 2.59. The quantitative estimate of drug-likeness (QED) is 0.219. The van der Waals surface area contributed by atoms with Crippen molar-refractivity contribution in [2.75, 3.05) is 0 Å². The van der Waals surface area contributed by atoms with Gasteiger partial charge in [-0.25, -0.2) is 4.79 Å². The van der Waals surface area contributed by atoms with Crippen molar-refractivity contribution < 1.29 is 60.4 Å². The predicted octanol–water partition coefficient (Wildman–Crippen LogP) is 4.28. The van der Waals surface area contributed by atoms with Gasteiger partial charge < -0.3 is 24.4 Å². The largest absolute Gasteiger partial charge is 0.502 e. The summed E-state index contributed by atoms with van der Waals surface area (Å²) in [6.07, 6.45) is -15.1. The van der Waals surface area contributed by atoms with E-state index >= 15 is 0 Å². The van der Waals surface area contributed by atoms with Crippen molar-refractivity contribution in [3.8, 4) is 0 Å². The molecule has 0 aromatic heterocycles. The van der Waals surface area contributed by atoms with Gasteiger partial charge in [0.1, 0.15) is 23.2 Å². The molecule has 3 unspecified atom stereocenters. The van der Waals surface area contributed by atoms with Crippen LogP contribution in [0, 0.1) is 5.41 Å². The highest BCUT2D eigenvalue weighted by atomic mass is 19.4. The maximum absolute atomic E-state index is 13.6. The lowest BCUT2D eigenvalue weighted by atomic mass is 9.61. The van der Waals surface area contributed by atoms with E-state index in [0.717, 1.165) is 0 Å². The Labute approximate surface area is 192 Å². The van der Waals surface area contributed by atoms with Crippen LogP contribution >= 0.6 is 0 Å². The van der Waals surface area contributed by atoms with E-state index in [0.29, 0.717) is 13.8 Å². The second-order valence-electron chi connectivity index (χ2n) is 9.18. The molecule has 0 aromatic carbocycles. The molecule has 1 saturated carbocycles. The van der Waals surface area contributed by atoms with Gasteiger partial charge in [-0.15, -0.1) is 0 Å². The lowest BCUT2D eigenvalue weighted by Gasteiger charge is -2.54. The molecule has 2 fully saturated rings. The van der Waals surface area contributed by atoms with Gasteiger partial charge in [0.05, 0.1) is 5.60 Å². The van der Waals surface area contributed by atoms with E-state index in [9.17, 15) is 41.0 Å². The first kappa shape index (κ1) is 28.2. The summed E-state index contributed by atoms with van der Waals surface area (Å²) in [6, 6.07) is 0. The second-order valence-corrected chi connectivity index (χ2v) is 9.18. The molecule has 0 radical (unpaired) electrons. The molecule has 1 aliphatic heterocycles. The molecule has 3 atom stereocenters. The van der Waals surface area contributed by atoms with Crippen LogP contribution in [-0.4, -0.2) is 63.5 Å². The van der Waals surface area contributed by atoms with Crippen LogP contribution in [0.2, 0.25) is 0 Å². The normalized spacial score (nSPS) is 26.3. The van der Waals surface area contributed by atoms with Crippen LogP contribution in [0.3, 0.4) is 0 Å². The van der Waals surface area contributed by atoms with Crippen molar-refractivity contribution in [2.24, 2.45) is 5.41 Å². The fourth-order valence-electron chi connectivity index (χ4n) is 5.22. The zero-order chi connectivity index (χ0) is 26.5. The summed E-state index contributed by atoms with van der Waals surface area (Å²) in [5.41, 5.74) is -12.0. The summed E-state index contributed by atoms with van der Waals surface area (Å²) in [5.74, 6) is -2.96. The smallest absolute Gasteiger partial charge is 0.429 e. The van der Waals surface area contributed by atoms with Crippen molar-refractivity contribution >= 4 is 11.9 Å². The average Bonchev–Trinajstić information content (AvgIpc) is 2.97. The summed E-state index contributed by atoms with van der Waals surface area (Å²) in [4.78, 5) is 24.7. The van der Waals surface area contributed by atoms with E-state index in [1.54, 1.807) is 0 Å². The fourth-order valence-corrected chi connectivity index (χ4v) is 5.22. The van der Waals surface area contributed by atoms with E-state index in [2.05, 4.69) is 6.58 Å². The van der Waals surface area contributed by atoms with Crippen molar-refractivity contribution in [1.82, 2.24) is 0 Å². The third-order valence-electron chi connectivity index (χ3n) is 7.12. The van der Waals surface area contributed by atoms with Crippen molar-refractivity contribution in [2.45, 2.75) is 101 Å². The second kappa shape index (κ2) is 8.58. The Hall–Kier alpha value is -2.02. The molecular weight excluding hydrogens is 478 g/mol. The molecule has 196 valence electrons. The van der Waals surface area contributed by atoms with Crippen LogP contribution < -0.4 is 0 Å². The van der Waals surface area contributed by atoms with Gasteiger partial charge in [-0.05, 0) is 46.1 Å². The van der Waals surface area contributed by atoms with Crippen LogP contribution in [0.25, 0.3) is 0 Å². The molecule has 2 N–H and O–H groups in total. The van der Waals surface area contributed by atoms with Gasteiger partial charge in [-0.1, -0.05) is 13.8 Å². The number of hydrogen-bond donors (Lipinski definition) is 2. The molecule has 34 heavy (non-hydrogen) atoms. The maximum atomic E-state index is 13.6. The molecule has 2 aliphatic rings. The summed E-state index contributed by atoms with van der Waals surface area (Å²) >= 11 is 0. The molecule has 7 nitrogen and oxygen atoms in total. The fraction of sp³-hybridized carbons (Fsp3) is 0.810. The van der Waals surface area contributed by atoms with Gasteiger partial charge in [0.15, 0.2) is 5.76 Å². The number of fused-ring (bicyclic) bond motifs is 2. The maximum Gasteiger partial charge on any atom is 0.429 e. The zero-order valence-electron chi connectivity index (χ0n) is 19.1. The first-order chi connectivity index (χ1) is 15.2. The SMILES string of the molecule is C=C(O)C(=O)OC1CCC2(C(CC)(CC)OC(C)(C)C(O)(C(F)(F)F)C(F)(F)F)CC1OC2=O. The van der Waals surface area contributed by atoms with Crippen LogP contribution in [0.15, 0.2) is 12.3 Å². The number of hydrogen-bond acceptors (Lipinski definition) is 7. The third-order valence-corrected chi connectivity index (χ3v) is 7.12. The molecule has 1 saturated heterocycles. The Morgan fingerprint density at radius 2 is 1.65 bits per heavy atom. The number of alkyl halides is 6. The third kappa shape index (κ3) is 4.04. The van der Waals surface area contributed by atoms with Gasteiger partial charge >= 0.3 is 24.3 Å². The Morgan fingerprint density at radius 1 is 1.15 bits per heavy atom. The van der Waals surface area contributed by atoms with E-state index in [1.165, 1.54) is 13.8 Å². The van der Waals surface area contributed by atoms with E-state index in [1.807, 2.05) is 0 Å². The number of carbonyl (C=O) groups excluding carboxylic acids is 2. The number of carbonyl (C=O) groups is 2. The Kier molecular flexibility index (Phi) is 7.12. The van der Waals surface area contributed by atoms with E-state index in [4.69, 9.17) is 19.3 Å². The summed E-state index contributed by atoms with van der Waals surface area (Å²) in [7, 11) is 0. The summed E-state index contributed by atoms with van der Waals surface area (Å²) in [5, 5.41) is 19.2. The zero-order valence-corrected chi connectivity index (χ0v) is 19.1. The number of ether oxygens (including phenoxy) is 3. The number of aliphatic hydroxyl groups is 2. The molecule has 13 heteroatoms. The van der Waals surface area contributed by atoms with E-state index < -0.39 is 64.5 Å². The average molecular weight is 506 g/mol. The van der Waals surface area contributed by atoms with Gasteiger partial charge in [0.2, 0.25) is 0 Å². The Bertz CT molecular complexity index is 816. The predicted molar refractivity (Wildman–Crippen MR) is 103 cm³/mol. The van der Waals surface area contributed by atoms with Crippen LogP contribution in [-0.2, 0) is 23.8 Å². The molecular formula is C21H28F6O7. The number of halogens is 6. The lowest BCUT2D eigenvalue weighted by molar-refractivity contribution is -0.424. The highest BCUT2D eigenvalue weighted by molar-refractivity contribution is 5.85. The Morgan fingerprint density at radius 3 is 2.06 bits per heavy atom. The minimum Gasteiger partial charge on any atom is -0.502 e. The molecule has 2 bridgehead atoms. The van der Waals surface area contributed by atoms with Gasteiger partial charge in [-0.3, -0.25) is 4.79 Å². The van der Waals surface area contributed by atoms with Crippen molar-refractivity contribution in [3.05, 3.63) is 12.3 Å². The van der Waals surface area contributed by atoms with Crippen molar-refractivity contribution in [1.29, 1.82) is 0 Å². The van der Waals surface area contributed by atoms with Crippen molar-refractivity contribution in [3.63, 3.8) is 0 Å². The minimum atomic E-state index is -6.14. The standard InChI is InChI=1S/C21H28F6O7/c1-6-18(7-2,34-16(4,5)19(31,20(22,23)24)21(25,26)27)17-9-8-12(32-14(29)11(3)28)13(10-17)33-15(17)30/h12-13,28,31H,3,6-10H2,1-2,4-5H3. The molecule has 1 heterocycles. The van der Waals surface area contributed by atoms with E-state index in [-0.39, 0.29) is 32.1 Å². The van der Waals surface area contributed by atoms with Crippen LogP contribution in [0.1, 0.15) is 59.8 Å². The molecule has 2 rings (SSSR count).